The van der Waals surface area contributed by atoms with Crippen LogP contribution < -0.4 is 10.1 Å². The van der Waals surface area contributed by atoms with E-state index in [1.165, 1.54) is 17.5 Å². The molecule has 0 unspecified atom stereocenters. The van der Waals surface area contributed by atoms with Crippen LogP contribution in [0.15, 0.2) is 71.6 Å². The van der Waals surface area contributed by atoms with Crippen LogP contribution in [0.3, 0.4) is 0 Å². The number of benzene rings is 3. The number of ether oxygens (including phenoxy) is 1. The van der Waals surface area contributed by atoms with Crippen LogP contribution in [0.2, 0.25) is 0 Å². The molecule has 0 aromatic heterocycles. The first-order valence-electron chi connectivity index (χ1n) is 10.9. The van der Waals surface area contributed by atoms with Crippen molar-refractivity contribution in [3.05, 3.63) is 78.1 Å². The monoisotopic (exact) mass is 468 g/mol. The summed E-state index contributed by atoms with van der Waals surface area (Å²) in [6, 6.07) is 17.7. The number of hydrogen-bond donors (Lipinski definition) is 2. The lowest BCUT2D eigenvalue weighted by Gasteiger charge is -2.39. The fourth-order valence-corrected chi connectivity index (χ4v) is 6.70. The van der Waals surface area contributed by atoms with Gasteiger partial charge in [0.25, 0.3) is 0 Å². The van der Waals surface area contributed by atoms with Crippen molar-refractivity contribution in [3.8, 4) is 16.9 Å². The minimum absolute atomic E-state index is 0.105. The van der Waals surface area contributed by atoms with Crippen molar-refractivity contribution in [2.75, 3.05) is 25.6 Å². The lowest BCUT2D eigenvalue weighted by Crippen LogP contribution is -2.42. The van der Waals surface area contributed by atoms with Crippen LogP contribution in [-0.2, 0) is 10.0 Å². The molecule has 0 radical (unpaired) electrons. The number of sulfonamides is 1. The summed E-state index contributed by atoms with van der Waals surface area (Å²) in [6.07, 6.45) is 0.613. The van der Waals surface area contributed by atoms with Gasteiger partial charge in [0, 0.05) is 23.7 Å². The Morgan fingerprint density at radius 1 is 1.12 bits per heavy atom. The second kappa shape index (κ2) is 8.44. The molecule has 8 heteroatoms. The van der Waals surface area contributed by atoms with E-state index < -0.39 is 16.1 Å². The van der Waals surface area contributed by atoms with Crippen LogP contribution in [0.1, 0.15) is 18.0 Å². The molecular weight excluding hydrogens is 443 g/mol. The van der Waals surface area contributed by atoms with E-state index in [1.54, 1.807) is 42.5 Å². The Hall–Kier alpha value is -2.94. The minimum atomic E-state index is -3.80. The molecule has 5 rings (SSSR count). The van der Waals surface area contributed by atoms with Crippen molar-refractivity contribution in [2.24, 2.45) is 5.92 Å². The molecule has 2 heterocycles. The summed E-state index contributed by atoms with van der Waals surface area (Å²) in [6.45, 7) is 0.233. The van der Waals surface area contributed by atoms with Gasteiger partial charge in [0.05, 0.1) is 30.7 Å². The maximum absolute atomic E-state index is 14.5. The number of nitrogens with zero attached hydrogens (tertiary/aromatic N) is 1. The van der Waals surface area contributed by atoms with Gasteiger partial charge in [0.15, 0.2) is 0 Å². The molecule has 3 atom stereocenters. The zero-order chi connectivity index (χ0) is 23.2. The average molecular weight is 469 g/mol. The van der Waals surface area contributed by atoms with E-state index in [9.17, 15) is 17.9 Å². The number of halogens is 1. The third-order valence-corrected chi connectivity index (χ3v) is 8.57. The number of aliphatic hydroxyl groups is 1. The van der Waals surface area contributed by atoms with Crippen molar-refractivity contribution in [1.29, 1.82) is 0 Å². The summed E-state index contributed by atoms with van der Waals surface area (Å²) in [5.74, 6) is 0.141. The third-order valence-electron chi connectivity index (χ3n) is 6.67. The van der Waals surface area contributed by atoms with Gasteiger partial charge >= 0.3 is 0 Å². The normalized spacial score (nSPS) is 22.3. The molecule has 172 valence electrons. The number of nitrogens with one attached hydrogen (secondary N) is 1. The maximum atomic E-state index is 14.5. The van der Waals surface area contributed by atoms with Crippen molar-refractivity contribution in [1.82, 2.24) is 4.31 Å². The first kappa shape index (κ1) is 21.9. The maximum Gasteiger partial charge on any atom is 0.243 e. The largest absolute Gasteiger partial charge is 0.497 e. The van der Waals surface area contributed by atoms with Crippen molar-refractivity contribution >= 4 is 15.7 Å². The molecule has 6 nitrogen and oxygen atoms in total. The molecule has 0 amide bonds. The van der Waals surface area contributed by atoms with Crippen molar-refractivity contribution < 1.29 is 22.7 Å². The van der Waals surface area contributed by atoms with Gasteiger partial charge in [-0.05, 0) is 60.0 Å². The predicted molar refractivity (Wildman–Crippen MR) is 124 cm³/mol. The molecule has 2 N–H and O–H groups in total. The minimum Gasteiger partial charge on any atom is -0.497 e. The molecule has 2 aliphatic rings. The van der Waals surface area contributed by atoms with E-state index in [4.69, 9.17) is 4.74 Å². The quantitative estimate of drug-likeness (QED) is 0.591. The number of rotatable bonds is 5. The van der Waals surface area contributed by atoms with Gasteiger partial charge in [-0.1, -0.05) is 24.3 Å². The van der Waals surface area contributed by atoms with Gasteiger partial charge < -0.3 is 15.2 Å². The second-order valence-corrected chi connectivity index (χ2v) is 10.3. The van der Waals surface area contributed by atoms with Crippen LogP contribution in [-0.4, -0.2) is 44.1 Å². The summed E-state index contributed by atoms with van der Waals surface area (Å²) in [5.41, 5.74) is 2.69. The number of fused-ring (bicyclic) bond motifs is 3. The van der Waals surface area contributed by atoms with E-state index in [2.05, 4.69) is 5.32 Å². The summed E-state index contributed by atoms with van der Waals surface area (Å²) >= 11 is 0. The third kappa shape index (κ3) is 3.68. The smallest absolute Gasteiger partial charge is 0.243 e. The topological polar surface area (TPSA) is 78.9 Å². The average Bonchev–Trinajstić information content (AvgIpc) is 3.30. The van der Waals surface area contributed by atoms with Crippen LogP contribution in [0.5, 0.6) is 5.75 Å². The Bertz CT molecular complexity index is 1280. The van der Waals surface area contributed by atoms with Gasteiger partial charge in [0.1, 0.15) is 11.6 Å². The highest BCUT2D eigenvalue weighted by atomic mass is 32.2. The van der Waals surface area contributed by atoms with E-state index in [0.29, 0.717) is 29.8 Å². The Labute approximate surface area is 192 Å². The SMILES string of the molecule is COc1ccc(S(=O)(=O)N2CC[C@H]3[C@H](CO)Nc4ccc(-c5ccccc5F)cc4[C@H]32)cc1. The first-order chi connectivity index (χ1) is 15.9. The molecular formula is C25H25FN2O4S. The number of aliphatic hydroxyl groups excluding tert-OH is 1. The Kier molecular flexibility index (Phi) is 5.60. The predicted octanol–water partition coefficient (Wildman–Crippen LogP) is 4.04. The molecule has 0 bridgehead atoms. The highest BCUT2D eigenvalue weighted by Crippen LogP contribution is 2.49. The van der Waals surface area contributed by atoms with Crippen molar-refractivity contribution in [3.63, 3.8) is 0 Å². The molecule has 0 spiro atoms. The van der Waals surface area contributed by atoms with Gasteiger partial charge in [-0.15, -0.1) is 0 Å². The fraction of sp³-hybridized carbons (Fsp3) is 0.280. The van der Waals surface area contributed by atoms with E-state index in [-0.39, 0.29) is 29.3 Å². The fourth-order valence-electron chi connectivity index (χ4n) is 5.04. The summed E-state index contributed by atoms with van der Waals surface area (Å²) in [4.78, 5) is 0.190. The Balaban J connectivity index is 1.60. The first-order valence-corrected chi connectivity index (χ1v) is 12.3. The summed E-state index contributed by atoms with van der Waals surface area (Å²) in [5, 5.41) is 13.4. The number of hydrogen-bond acceptors (Lipinski definition) is 5. The zero-order valence-corrected chi connectivity index (χ0v) is 18.9. The molecule has 2 aliphatic heterocycles. The molecule has 3 aromatic rings. The number of methoxy groups -OCH3 is 1. The highest BCUT2D eigenvalue weighted by molar-refractivity contribution is 7.89. The lowest BCUT2D eigenvalue weighted by molar-refractivity contribution is 0.210. The van der Waals surface area contributed by atoms with E-state index in [1.807, 2.05) is 18.2 Å². The van der Waals surface area contributed by atoms with Crippen molar-refractivity contribution in [2.45, 2.75) is 23.4 Å². The van der Waals surface area contributed by atoms with E-state index in [0.717, 1.165) is 11.3 Å². The molecule has 0 aliphatic carbocycles. The second-order valence-electron chi connectivity index (χ2n) is 8.40. The van der Waals surface area contributed by atoms with E-state index >= 15 is 0 Å². The summed E-state index contributed by atoms with van der Waals surface area (Å²) in [7, 11) is -2.27. The van der Waals surface area contributed by atoms with Gasteiger partial charge in [0.2, 0.25) is 10.0 Å². The van der Waals surface area contributed by atoms with Gasteiger partial charge in [-0.2, -0.15) is 4.31 Å². The van der Waals surface area contributed by atoms with Crippen LogP contribution in [0.4, 0.5) is 10.1 Å². The summed E-state index contributed by atoms with van der Waals surface area (Å²) < 4.78 is 48.4. The molecule has 33 heavy (non-hydrogen) atoms. The standard InChI is InChI=1S/C25H25FN2O4S/c1-32-17-7-9-18(10-8-17)33(30,31)28-13-12-20-24(15-29)27-23-11-6-16(14-21(23)25(20)28)19-4-2-3-5-22(19)26/h2-11,14,20,24-25,27,29H,12-13,15H2,1H3/t20-,24-,25-/m0/s1. The van der Waals surface area contributed by atoms with Gasteiger partial charge in [-0.3, -0.25) is 0 Å². The molecule has 3 aromatic carbocycles. The van der Waals surface area contributed by atoms with Crippen LogP contribution >= 0.6 is 0 Å². The lowest BCUT2D eigenvalue weighted by atomic mass is 9.82. The Morgan fingerprint density at radius 3 is 2.58 bits per heavy atom. The number of anilines is 1. The highest BCUT2D eigenvalue weighted by Gasteiger charge is 2.48. The zero-order valence-electron chi connectivity index (χ0n) is 18.1. The molecule has 1 fully saturated rings. The molecule has 0 saturated carbocycles. The van der Waals surface area contributed by atoms with Gasteiger partial charge in [-0.25, -0.2) is 12.8 Å². The molecule has 1 saturated heterocycles. The van der Waals surface area contributed by atoms with Crippen LogP contribution in [0, 0.1) is 11.7 Å². The Morgan fingerprint density at radius 2 is 1.88 bits per heavy atom. The van der Waals surface area contributed by atoms with Crippen LogP contribution in [0.25, 0.3) is 11.1 Å².